The monoisotopic (exact) mass is 279 g/mol. The van der Waals surface area contributed by atoms with Crippen LogP contribution in [0.5, 0.6) is 5.75 Å². The lowest BCUT2D eigenvalue weighted by Gasteiger charge is -2.13. The quantitative estimate of drug-likeness (QED) is 0.931. The SMILES string of the molecule is CC(C)(C)c1nc2c(OCCC(=O)O)cccc2s1. The number of aliphatic carboxylic acids is 1. The third kappa shape index (κ3) is 3.23. The number of aromatic nitrogens is 1. The van der Waals surface area contributed by atoms with Crippen molar-refractivity contribution in [3.05, 3.63) is 23.2 Å². The fourth-order valence-corrected chi connectivity index (χ4v) is 2.65. The molecule has 19 heavy (non-hydrogen) atoms. The van der Waals surface area contributed by atoms with Crippen LogP contribution >= 0.6 is 11.3 Å². The fraction of sp³-hybridized carbons (Fsp3) is 0.429. The second-order valence-corrected chi connectivity index (χ2v) is 6.39. The summed E-state index contributed by atoms with van der Waals surface area (Å²) in [4.78, 5) is 15.1. The van der Waals surface area contributed by atoms with E-state index in [1.165, 1.54) is 0 Å². The average Bonchev–Trinajstić information content (AvgIpc) is 2.72. The minimum atomic E-state index is -0.860. The second-order valence-electron chi connectivity index (χ2n) is 5.36. The molecule has 1 aromatic heterocycles. The van der Waals surface area contributed by atoms with Crippen molar-refractivity contribution >= 4 is 27.5 Å². The minimum Gasteiger partial charge on any atom is -0.491 e. The zero-order valence-electron chi connectivity index (χ0n) is 11.3. The van der Waals surface area contributed by atoms with E-state index in [1.54, 1.807) is 11.3 Å². The van der Waals surface area contributed by atoms with Gasteiger partial charge in [-0.05, 0) is 12.1 Å². The van der Waals surface area contributed by atoms with Crippen LogP contribution in [0, 0.1) is 0 Å². The summed E-state index contributed by atoms with van der Waals surface area (Å²) in [6.07, 6.45) is -0.00729. The molecule has 0 amide bonds. The second kappa shape index (κ2) is 5.17. The van der Waals surface area contributed by atoms with E-state index in [1.807, 2.05) is 18.2 Å². The van der Waals surface area contributed by atoms with Gasteiger partial charge in [-0.2, -0.15) is 0 Å². The van der Waals surface area contributed by atoms with Gasteiger partial charge in [0.2, 0.25) is 0 Å². The van der Waals surface area contributed by atoms with Crippen LogP contribution < -0.4 is 4.74 Å². The van der Waals surface area contributed by atoms with Crippen LogP contribution in [0.4, 0.5) is 0 Å². The number of fused-ring (bicyclic) bond motifs is 1. The van der Waals surface area contributed by atoms with Gasteiger partial charge in [0.15, 0.2) is 0 Å². The van der Waals surface area contributed by atoms with Gasteiger partial charge >= 0.3 is 5.97 Å². The van der Waals surface area contributed by atoms with Crippen LogP contribution in [-0.2, 0) is 10.2 Å². The Morgan fingerprint density at radius 1 is 1.42 bits per heavy atom. The number of carbonyl (C=O) groups is 1. The van der Waals surface area contributed by atoms with Crippen molar-refractivity contribution in [3.63, 3.8) is 0 Å². The third-order valence-electron chi connectivity index (χ3n) is 2.60. The van der Waals surface area contributed by atoms with Gasteiger partial charge in [-0.15, -0.1) is 11.3 Å². The molecule has 5 heteroatoms. The molecule has 0 saturated heterocycles. The molecular formula is C14H17NO3S. The van der Waals surface area contributed by atoms with Crippen LogP contribution in [0.3, 0.4) is 0 Å². The van der Waals surface area contributed by atoms with Gasteiger partial charge in [-0.1, -0.05) is 26.8 Å². The number of ether oxygens (including phenoxy) is 1. The number of para-hydroxylation sites is 1. The van der Waals surface area contributed by atoms with Gasteiger partial charge in [0.05, 0.1) is 22.7 Å². The predicted molar refractivity (Wildman–Crippen MR) is 76.1 cm³/mol. The van der Waals surface area contributed by atoms with E-state index in [2.05, 4.69) is 25.8 Å². The number of rotatable bonds is 4. The van der Waals surface area contributed by atoms with Crippen LogP contribution in [0.2, 0.25) is 0 Å². The fourth-order valence-electron chi connectivity index (χ4n) is 1.61. The molecule has 102 valence electrons. The number of carboxylic acids is 1. The Balaban J connectivity index is 2.29. The standard InChI is InChI=1S/C14H17NO3S/c1-14(2,3)13-15-12-9(18-8-7-11(16)17)5-4-6-10(12)19-13/h4-6H,7-8H2,1-3H3,(H,16,17). The Bertz CT molecular complexity index is 598. The van der Waals surface area contributed by atoms with Crippen molar-refractivity contribution in [2.45, 2.75) is 32.6 Å². The zero-order chi connectivity index (χ0) is 14.0. The zero-order valence-corrected chi connectivity index (χ0v) is 12.1. The predicted octanol–water partition coefficient (Wildman–Crippen LogP) is 3.45. The minimum absolute atomic E-state index is 0.00201. The highest BCUT2D eigenvalue weighted by atomic mass is 32.1. The highest BCUT2D eigenvalue weighted by Crippen LogP contribution is 2.35. The summed E-state index contributed by atoms with van der Waals surface area (Å²) in [5, 5.41) is 9.67. The molecule has 1 N–H and O–H groups in total. The van der Waals surface area contributed by atoms with Gasteiger partial charge in [0.25, 0.3) is 0 Å². The maximum Gasteiger partial charge on any atom is 0.306 e. The molecule has 0 radical (unpaired) electrons. The molecule has 2 aromatic rings. The van der Waals surface area contributed by atoms with Gasteiger partial charge in [0, 0.05) is 5.41 Å². The van der Waals surface area contributed by atoms with Crippen molar-refractivity contribution in [1.29, 1.82) is 0 Å². The number of benzene rings is 1. The summed E-state index contributed by atoms with van der Waals surface area (Å²) in [5.74, 6) is -0.202. The Labute approximate surface area is 116 Å². The van der Waals surface area contributed by atoms with Gasteiger partial charge in [0.1, 0.15) is 11.3 Å². The normalized spacial score (nSPS) is 11.7. The molecule has 2 rings (SSSR count). The molecular weight excluding hydrogens is 262 g/mol. The number of nitrogens with zero attached hydrogens (tertiary/aromatic N) is 1. The molecule has 0 saturated carbocycles. The third-order valence-corrected chi connectivity index (χ3v) is 4.04. The molecule has 0 aliphatic carbocycles. The van der Waals surface area contributed by atoms with E-state index < -0.39 is 5.97 Å². The molecule has 0 fully saturated rings. The number of hydrogen-bond acceptors (Lipinski definition) is 4. The Morgan fingerprint density at radius 3 is 2.79 bits per heavy atom. The first kappa shape index (κ1) is 13.8. The van der Waals surface area contributed by atoms with E-state index >= 15 is 0 Å². The van der Waals surface area contributed by atoms with E-state index in [0.29, 0.717) is 5.75 Å². The van der Waals surface area contributed by atoms with Crippen LogP contribution in [0.25, 0.3) is 10.2 Å². The van der Waals surface area contributed by atoms with Crippen LogP contribution in [0.1, 0.15) is 32.2 Å². The Hall–Kier alpha value is -1.62. The average molecular weight is 279 g/mol. The van der Waals surface area contributed by atoms with Gasteiger partial charge in [-0.25, -0.2) is 4.98 Å². The van der Waals surface area contributed by atoms with Crippen LogP contribution in [-0.4, -0.2) is 22.7 Å². The maximum absolute atomic E-state index is 10.5. The lowest BCUT2D eigenvalue weighted by Crippen LogP contribution is -2.10. The Morgan fingerprint density at radius 2 is 2.16 bits per heavy atom. The van der Waals surface area contributed by atoms with E-state index in [9.17, 15) is 4.79 Å². The number of hydrogen-bond donors (Lipinski definition) is 1. The topological polar surface area (TPSA) is 59.4 Å². The van der Waals surface area contributed by atoms with Gasteiger partial charge < -0.3 is 9.84 Å². The highest BCUT2D eigenvalue weighted by Gasteiger charge is 2.20. The number of carboxylic acid groups (broad SMARTS) is 1. The summed E-state index contributed by atoms with van der Waals surface area (Å²) in [6, 6.07) is 5.74. The molecule has 0 aliphatic rings. The smallest absolute Gasteiger partial charge is 0.306 e. The van der Waals surface area contributed by atoms with Crippen molar-refractivity contribution in [2.24, 2.45) is 0 Å². The summed E-state index contributed by atoms with van der Waals surface area (Å²) >= 11 is 1.65. The van der Waals surface area contributed by atoms with Crippen molar-refractivity contribution in [2.75, 3.05) is 6.61 Å². The molecule has 4 nitrogen and oxygen atoms in total. The summed E-state index contributed by atoms with van der Waals surface area (Å²) in [6.45, 7) is 6.53. The van der Waals surface area contributed by atoms with E-state index in [4.69, 9.17) is 9.84 Å². The molecule has 0 atom stereocenters. The first-order valence-corrected chi connectivity index (χ1v) is 6.94. The number of thiazole rings is 1. The molecule has 0 unspecified atom stereocenters. The largest absolute Gasteiger partial charge is 0.491 e. The van der Waals surface area contributed by atoms with Gasteiger partial charge in [-0.3, -0.25) is 4.79 Å². The van der Waals surface area contributed by atoms with Crippen molar-refractivity contribution in [3.8, 4) is 5.75 Å². The molecule has 0 bridgehead atoms. The molecule has 0 spiro atoms. The highest BCUT2D eigenvalue weighted by molar-refractivity contribution is 7.18. The lowest BCUT2D eigenvalue weighted by molar-refractivity contribution is -0.137. The van der Waals surface area contributed by atoms with E-state index in [0.717, 1.165) is 15.2 Å². The first-order valence-electron chi connectivity index (χ1n) is 6.12. The molecule has 1 heterocycles. The lowest BCUT2D eigenvalue weighted by atomic mass is 9.98. The summed E-state index contributed by atoms with van der Waals surface area (Å²) in [5.41, 5.74) is 0.824. The summed E-state index contributed by atoms with van der Waals surface area (Å²) in [7, 11) is 0. The molecule has 0 aliphatic heterocycles. The molecule has 1 aromatic carbocycles. The van der Waals surface area contributed by atoms with E-state index in [-0.39, 0.29) is 18.4 Å². The van der Waals surface area contributed by atoms with Crippen molar-refractivity contribution in [1.82, 2.24) is 4.98 Å². The van der Waals surface area contributed by atoms with Crippen molar-refractivity contribution < 1.29 is 14.6 Å². The van der Waals surface area contributed by atoms with Crippen LogP contribution in [0.15, 0.2) is 18.2 Å². The maximum atomic E-state index is 10.5. The first-order chi connectivity index (χ1) is 8.88. The Kier molecular flexibility index (Phi) is 3.75. The summed E-state index contributed by atoms with van der Waals surface area (Å²) < 4.78 is 6.59.